The highest BCUT2D eigenvalue weighted by Crippen LogP contribution is 2.36. The van der Waals surface area contributed by atoms with E-state index in [2.05, 4.69) is 42.3 Å². The highest BCUT2D eigenvalue weighted by atomic mass is 19.1. The van der Waals surface area contributed by atoms with E-state index in [4.69, 9.17) is 9.47 Å². The van der Waals surface area contributed by atoms with Crippen LogP contribution < -0.4 is 15.0 Å². The Morgan fingerprint density at radius 1 is 1.06 bits per heavy atom. The third-order valence-electron chi connectivity index (χ3n) is 7.15. The minimum absolute atomic E-state index is 0.0815. The Bertz CT molecular complexity index is 1170. The van der Waals surface area contributed by atoms with Crippen molar-refractivity contribution >= 4 is 22.5 Å². The van der Waals surface area contributed by atoms with E-state index in [0.717, 1.165) is 67.7 Å². The lowest BCUT2D eigenvalue weighted by atomic mass is 9.93. The van der Waals surface area contributed by atoms with Crippen molar-refractivity contribution in [1.82, 2.24) is 19.9 Å². The largest absolute Gasteiger partial charge is 0.488 e. The number of rotatable bonds is 6. The van der Waals surface area contributed by atoms with Crippen molar-refractivity contribution in [2.75, 3.05) is 23.3 Å². The van der Waals surface area contributed by atoms with Gasteiger partial charge in [-0.3, -0.25) is 4.98 Å². The highest BCUT2D eigenvalue weighted by Gasteiger charge is 2.38. The topological polar surface area (TPSA) is 85.3 Å². The molecule has 0 spiro atoms. The first-order valence-corrected chi connectivity index (χ1v) is 12.2. The second-order valence-corrected chi connectivity index (χ2v) is 9.46. The Morgan fingerprint density at radius 2 is 1.82 bits per heavy atom. The Kier molecular flexibility index (Phi) is 5.64. The Hall–Kier alpha value is -3.07. The standard InChI is InChI=1S/C25H29FN6O2/c1-2-20-23(26)25(30-14-29-20)31-15-3-5-17(6-4-15)34-22-10-16(9-21-24(22)28-8-7-27-21)32-12-18-11-19(13-32)33-18/h7-10,14-15,17-19H,2-6,11-13H2,1H3,(H,29,30,31)/t15-,17+,18?,19?. The van der Waals surface area contributed by atoms with Crippen LogP contribution in [0.25, 0.3) is 11.0 Å². The van der Waals surface area contributed by atoms with Crippen LogP contribution in [-0.4, -0.2) is 57.4 Å². The molecule has 1 aliphatic carbocycles. The van der Waals surface area contributed by atoms with Crippen LogP contribution in [0.15, 0.2) is 30.9 Å². The molecule has 1 N–H and O–H groups in total. The average molecular weight is 465 g/mol. The Labute approximate surface area is 197 Å². The fourth-order valence-corrected chi connectivity index (χ4v) is 5.32. The lowest BCUT2D eigenvalue weighted by molar-refractivity contribution is -0.133. The number of hydrogen-bond donors (Lipinski definition) is 1. The molecule has 178 valence electrons. The summed E-state index contributed by atoms with van der Waals surface area (Å²) in [5, 5.41) is 3.28. The van der Waals surface area contributed by atoms with Gasteiger partial charge in [-0.25, -0.2) is 19.3 Å². The van der Waals surface area contributed by atoms with Gasteiger partial charge in [0.2, 0.25) is 0 Å². The predicted octanol–water partition coefficient (Wildman–Crippen LogP) is 3.90. The molecule has 7 rings (SSSR count). The van der Waals surface area contributed by atoms with Crippen LogP contribution in [0.2, 0.25) is 0 Å². The van der Waals surface area contributed by atoms with Gasteiger partial charge in [0.05, 0.1) is 29.5 Å². The van der Waals surface area contributed by atoms with Gasteiger partial charge in [-0.2, -0.15) is 0 Å². The van der Waals surface area contributed by atoms with Crippen molar-refractivity contribution in [3.63, 3.8) is 0 Å². The van der Waals surface area contributed by atoms with E-state index in [1.165, 1.54) is 6.33 Å². The first-order chi connectivity index (χ1) is 16.7. The van der Waals surface area contributed by atoms with Crippen molar-refractivity contribution < 1.29 is 13.9 Å². The minimum atomic E-state index is -0.342. The van der Waals surface area contributed by atoms with Gasteiger partial charge in [-0.1, -0.05) is 6.92 Å². The number of morpholine rings is 1. The quantitative estimate of drug-likeness (QED) is 0.588. The van der Waals surface area contributed by atoms with Gasteiger partial charge in [0.15, 0.2) is 11.6 Å². The van der Waals surface area contributed by atoms with Crippen LogP contribution in [-0.2, 0) is 11.2 Å². The number of aryl methyl sites for hydroxylation is 1. The van der Waals surface area contributed by atoms with Crippen LogP contribution in [0.3, 0.4) is 0 Å². The molecule has 3 aromatic rings. The molecule has 0 radical (unpaired) electrons. The van der Waals surface area contributed by atoms with Gasteiger partial charge in [-0.15, -0.1) is 0 Å². The van der Waals surface area contributed by atoms with Crippen LogP contribution in [0, 0.1) is 5.82 Å². The number of nitrogens with one attached hydrogen (secondary N) is 1. The smallest absolute Gasteiger partial charge is 0.186 e. The monoisotopic (exact) mass is 464 g/mol. The molecule has 8 nitrogen and oxygen atoms in total. The molecule has 2 bridgehead atoms. The van der Waals surface area contributed by atoms with Gasteiger partial charge >= 0.3 is 0 Å². The number of benzene rings is 1. The second kappa shape index (κ2) is 8.94. The Morgan fingerprint density at radius 3 is 2.59 bits per heavy atom. The van der Waals surface area contributed by atoms with E-state index in [-0.39, 0.29) is 18.0 Å². The minimum Gasteiger partial charge on any atom is -0.488 e. The number of nitrogens with zero attached hydrogens (tertiary/aromatic N) is 5. The first-order valence-electron chi connectivity index (χ1n) is 12.2. The van der Waals surface area contributed by atoms with Gasteiger partial charge in [0, 0.05) is 49.7 Å². The van der Waals surface area contributed by atoms with E-state index in [9.17, 15) is 4.39 Å². The Balaban J connectivity index is 1.15. The molecule has 9 heteroatoms. The lowest BCUT2D eigenvalue weighted by Crippen LogP contribution is -2.57. The molecular formula is C25H29FN6O2. The van der Waals surface area contributed by atoms with E-state index >= 15 is 0 Å². The van der Waals surface area contributed by atoms with Crippen LogP contribution in [0.4, 0.5) is 15.9 Å². The molecule has 34 heavy (non-hydrogen) atoms. The number of piperidine rings is 1. The number of hydrogen-bond acceptors (Lipinski definition) is 8. The SMILES string of the molecule is CCc1ncnc(N[C@H]2CC[C@@H](Oc3cc(N4CC5CC(C4)O5)cc4nccnc34)CC2)c1F. The predicted molar refractivity (Wildman–Crippen MR) is 127 cm³/mol. The zero-order valence-corrected chi connectivity index (χ0v) is 19.3. The highest BCUT2D eigenvalue weighted by molar-refractivity contribution is 5.85. The molecule has 1 saturated carbocycles. The molecule has 2 aromatic heterocycles. The maximum absolute atomic E-state index is 14.5. The average Bonchev–Trinajstić information content (AvgIpc) is 2.86. The van der Waals surface area contributed by atoms with Crippen molar-refractivity contribution in [3.8, 4) is 5.75 Å². The molecule has 2 atom stereocenters. The van der Waals surface area contributed by atoms with Crippen molar-refractivity contribution in [3.05, 3.63) is 42.4 Å². The van der Waals surface area contributed by atoms with Gasteiger partial charge in [0.1, 0.15) is 17.6 Å². The number of halogens is 1. The summed E-state index contributed by atoms with van der Waals surface area (Å²) in [6.45, 7) is 3.69. The summed E-state index contributed by atoms with van der Waals surface area (Å²) in [7, 11) is 0. The number of fused-ring (bicyclic) bond motifs is 3. The summed E-state index contributed by atoms with van der Waals surface area (Å²) in [6.07, 6.45) is 10.8. The van der Waals surface area contributed by atoms with Crippen LogP contribution >= 0.6 is 0 Å². The summed E-state index contributed by atoms with van der Waals surface area (Å²) in [6, 6.07) is 4.37. The van der Waals surface area contributed by atoms with Crippen molar-refractivity contribution in [2.45, 2.75) is 69.8 Å². The molecule has 2 unspecified atom stereocenters. The number of aromatic nitrogens is 4. The lowest BCUT2D eigenvalue weighted by Gasteiger charge is -2.48. The third kappa shape index (κ3) is 4.13. The van der Waals surface area contributed by atoms with Crippen LogP contribution in [0.5, 0.6) is 5.75 Å². The fourth-order valence-electron chi connectivity index (χ4n) is 5.32. The molecule has 3 aliphatic heterocycles. The molecule has 5 heterocycles. The fraction of sp³-hybridized carbons (Fsp3) is 0.520. The summed E-state index contributed by atoms with van der Waals surface area (Å²) in [4.78, 5) is 19.6. The summed E-state index contributed by atoms with van der Waals surface area (Å²) in [5.74, 6) is 0.742. The van der Waals surface area contributed by atoms with E-state index in [0.29, 0.717) is 30.1 Å². The van der Waals surface area contributed by atoms with Crippen LogP contribution in [0.1, 0.15) is 44.7 Å². The van der Waals surface area contributed by atoms with E-state index in [1.807, 2.05) is 6.92 Å². The van der Waals surface area contributed by atoms with E-state index in [1.54, 1.807) is 12.4 Å². The summed E-state index contributed by atoms with van der Waals surface area (Å²) < 4.78 is 26.8. The zero-order valence-electron chi connectivity index (χ0n) is 19.3. The van der Waals surface area contributed by atoms with Gasteiger partial charge < -0.3 is 19.7 Å². The molecule has 0 amide bonds. The first kappa shape index (κ1) is 21.5. The number of ether oxygens (including phenoxy) is 2. The third-order valence-corrected chi connectivity index (χ3v) is 7.15. The summed E-state index contributed by atoms with van der Waals surface area (Å²) >= 11 is 0. The molecule has 3 saturated heterocycles. The zero-order chi connectivity index (χ0) is 23.1. The number of anilines is 2. The molecule has 1 aromatic carbocycles. The maximum atomic E-state index is 14.5. The molecule has 4 aliphatic rings. The normalized spacial score (nSPS) is 26.2. The van der Waals surface area contributed by atoms with Gasteiger partial charge in [0.25, 0.3) is 0 Å². The maximum Gasteiger partial charge on any atom is 0.186 e. The molecular weight excluding hydrogens is 435 g/mol. The van der Waals surface area contributed by atoms with E-state index < -0.39 is 0 Å². The van der Waals surface area contributed by atoms with Crippen molar-refractivity contribution in [1.29, 1.82) is 0 Å². The van der Waals surface area contributed by atoms with Crippen molar-refractivity contribution in [2.24, 2.45) is 0 Å². The summed E-state index contributed by atoms with van der Waals surface area (Å²) in [5.41, 5.74) is 3.19. The van der Waals surface area contributed by atoms with Gasteiger partial charge in [-0.05, 0) is 38.2 Å². The second-order valence-electron chi connectivity index (χ2n) is 9.46. The molecule has 4 fully saturated rings.